The Morgan fingerprint density at radius 3 is 2.90 bits per heavy atom. The number of amides is 1. The Balaban J connectivity index is 2.36. The van der Waals surface area contributed by atoms with Gasteiger partial charge in [-0.1, -0.05) is 12.0 Å². The van der Waals surface area contributed by atoms with Crippen LogP contribution in [0.25, 0.3) is 10.4 Å². The van der Waals surface area contributed by atoms with Gasteiger partial charge in [0, 0.05) is 17.1 Å². The molecule has 0 spiro atoms. The molecule has 21 heavy (non-hydrogen) atoms. The predicted octanol–water partition coefficient (Wildman–Crippen LogP) is 3.60. The maximum Gasteiger partial charge on any atom is 0.407 e. The number of hydrogen-bond donors (Lipinski definition) is 1. The molecule has 1 aliphatic rings. The van der Waals surface area contributed by atoms with Gasteiger partial charge in [-0.05, 0) is 57.4 Å². The highest BCUT2D eigenvalue weighted by Gasteiger charge is 2.27. The summed E-state index contributed by atoms with van der Waals surface area (Å²) in [5.41, 5.74) is 8.25. The van der Waals surface area contributed by atoms with Crippen LogP contribution in [0.15, 0.2) is 5.11 Å². The molecular weight excluding hydrogens is 272 g/mol. The lowest BCUT2D eigenvalue weighted by atomic mass is 9.89. The van der Waals surface area contributed by atoms with Crippen molar-refractivity contribution in [3.05, 3.63) is 10.4 Å². The maximum absolute atomic E-state index is 11.6. The molecule has 0 unspecified atom stereocenters. The van der Waals surface area contributed by atoms with Crippen molar-refractivity contribution >= 4 is 6.09 Å². The Kier molecular flexibility index (Phi) is 6.78. The summed E-state index contributed by atoms with van der Waals surface area (Å²) in [7, 11) is 0. The number of carbonyl (C=O) groups is 1. The molecule has 7 nitrogen and oxygen atoms in total. The third kappa shape index (κ3) is 7.20. The van der Waals surface area contributed by atoms with E-state index in [2.05, 4.69) is 15.3 Å². The summed E-state index contributed by atoms with van der Waals surface area (Å²) < 4.78 is 10.7. The molecule has 1 N–H and O–H groups in total. The van der Waals surface area contributed by atoms with E-state index in [-0.39, 0.29) is 17.4 Å². The lowest BCUT2D eigenvalue weighted by molar-refractivity contribution is -0.0311. The van der Waals surface area contributed by atoms with Crippen LogP contribution in [0.4, 0.5) is 4.79 Å². The molecule has 0 radical (unpaired) electrons. The standard InChI is InChI=1S/C14H26N4O3/c1-10(9-21-13(19)16-14(2,3)4)8-11-6-5-7-20-12(11)17-18-15/h10-12H,5-9H2,1-4H3,(H,16,19)/t10-,11-,12-/m0/s1. The van der Waals surface area contributed by atoms with E-state index in [1.54, 1.807) is 0 Å². The summed E-state index contributed by atoms with van der Waals surface area (Å²) in [6.45, 7) is 8.72. The highest BCUT2D eigenvalue weighted by atomic mass is 16.5. The summed E-state index contributed by atoms with van der Waals surface area (Å²) >= 11 is 0. The Morgan fingerprint density at radius 2 is 2.29 bits per heavy atom. The van der Waals surface area contributed by atoms with Gasteiger partial charge in [-0.15, -0.1) is 0 Å². The molecule has 0 aromatic heterocycles. The number of hydrogen-bond acceptors (Lipinski definition) is 4. The van der Waals surface area contributed by atoms with Crippen molar-refractivity contribution in [2.24, 2.45) is 17.0 Å². The number of azide groups is 1. The number of carbonyl (C=O) groups excluding carboxylic acids is 1. The molecule has 0 bridgehead atoms. The largest absolute Gasteiger partial charge is 0.449 e. The summed E-state index contributed by atoms with van der Waals surface area (Å²) in [4.78, 5) is 14.4. The smallest absolute Gasteiger partial charge is 0.407 e. The van der Waals surface area contributed by atoms with Crippen molar-refractivity contribution in [3.63, 3.8) is 0 Å². The fraction of sp³-hybridized carbons (Fsp3) is 0.929. The molecule has 1 amide bonds. The van der Waals surface area contributed by atoms with Gasteiger partial charge in [0.25, 0.3) is 0 Å². The van der Waals surface area contributed by atoms with Gasteiger partial charge in [0.2, 0.25) is 0 Å². The number of nitrogens with one attached hydrogen (secondary N) is 1. The lowest BCUT2D eigenvalue weighted by Gasteiger charge is -2.30. The van der Waals surface area contributed by atoms with Crippen LogP contribution in [-0.2, 0) is 9.47 Å². The van der Waals surface area contributed by atoms with Gasteiger partial charge >= 0.3 is 6.09 Å². The highest BCUT2D eigenvalue weighted by Crippen LogP contribution is 2.28. The zero-order chi connectivity index (χ0) is 15.9. The average molecular weight is 298 g/mol. The van der Waals surface area contributed by atoms with Crippen LogP contribution < -0.4 is 5.32 Å². The third-order valence-electron chi connectivity index (χ3n) is 3.26. The van der Waals surface area contributed by atoms with Gasteiger partial charge < -0.3 is 14.8 Å². The molecule has 0 saturated carbocycles. The summed E-state index contributed by atoms with van der Waals surface area (Å²) in [5, 5.41) is 6.45. The van der Waals surface area contributed by atoms with E-state index in [0.29, 0.717) is 13.2 Å². The zero-order valence-corrected chi connectivity index (χ0v) is 13.3. The zero-order valence-electron chi connectivity index (χ0n) is 13.3. The topological polar surface area (TPSA) is 96.3 Å². The summed E-state index contributed by atoms with van der Waals surface area (Å²) in [5.74, 6) is 0.387. The highest BCUT2D eigenvalue weighted by molar-refractivity contribution is 5.68. The molecule has 1 saturated heterocycles. The maximum atomic E-state index is 11.6. The first-order valence-corrected chi connectivity index (χ1v) is 7.42. The minimum atomic E-state index is -0.402. The molecule has 1 rings (SSSR count). The van der Waals surface area contributed by atoms with Crippen LogP contribution in [0, 0.1) is 11.8 Å². The van der Waals surface area contributed by atoms with E-state index in [0.717, 1.165) is 19.3 Å². The molecule has 1 aliphatic heterocycles. The van der Waals surface area contributed by atoms with Crippen LogP contribution in [0.2, 0.25) is 0 Å². The molecule has 1 heterocycles. The van der Waals surface area contributed by atoms with E-state index in [1.165, 1.54) is 0 Å². The van der Waals surface area contributed by atoms with Gasteiger partial charge in [0.05, 0.1) is 6.61 Å². The van der Waals surface area contributed by atoms with Gasteiger partial charge in [0.15, 0.2) is 0 Å². The Labute approximate surface area is 126 Å². The van der Waals surface area contributed by atoms with Crippen molar-refractivity contribution in [1.29, 1.82) is 0 Å². The second-order valence-electron chi connectivity index (χ2n) is 6.68. The van der Waals surface area contributed by atoms with Crippen molar-refractivity contribution < 1.29 is 14.3 Å². The van der Waals surface area contributed by atoms with Crippen molar-refractivity contribution in [3.8, 4) is 0 Å². The molecule has 1 fully saturated rings. The monoisotopic (exact) mass is 298 g/mol. The van der Waals surface area contributed by atoms with Gasteiger partial charge in [-0.2, -0.15) is 0 Å². The van der Waals surface area contributed by atoms with E-state index < -0.39 is 12.3 Å². The number of rotatable bonds is 5. The number of nitrogens with zero attached hydrogens (tertiary/aromatic N) is 3. The summed E-state index contributed by atoms with van der Waals surface area (Å²) in [6, 6.07) is 0. The quantitative estimate of drug-likeness (QED) is 0.477. The van der Waals surface area contributed by atoms with Crippen molar-refractivity contribution in [2.45, 2.75) is 58.7 Å². The average Bonchev–Trinajstić information content (AvgIpc) is 2.37. The van der Waals surface area contributed by atoms with Crippen molar-refractivity contribution in [1.82, 2.24) is 5.32 Å². The van der Waals surface area contributed by atoms with Gasteiger partial charge in [0.1, 0.15) is 6.23 Å². The Hall–Kier alpha value is -1.46. The van der Waals surface area contributed by atoms with Crippen LogP contribution in [0.5, 0.6) is 0 Å². The Bertz CT molecular complexity index is 388. The molecular formula is C14H26N4O3. The molecule has 0 aromatic carbocycles. The van der Waals surface area contributed by atoms with E-state index >= 15 is 0 Å². The van der Waals surface area contributed by atoms with Gasteiger partial charge in [-0.3, -0.25) is 0 Å². The molecule has 7 heteroatoms. The predicted molar refractivity (Wildman–Crippen MR) is 79.6 cm³/mol. The minimum absolute atomic E-state index is 0.193. The van der Waals surface area contributed by atoms with Crippen LogP contribution in [0.1, 0.15) is 47.0 Å². The SMILES string of the molecule is C[C@H](COC(=O)NC(C)(C)C)C[C@@H]1CCCO[C@@H]1N=[N+]=[N-]. The fourth-order valence-electron chi connectivity index (χ4n) is 2.39. The normalized spacial score (nSPS) is 23.8. The molecule has 120 valence electrons. The first-order chi connectivity index (χ1) is 9.81. The fourth-order valence-corrected chi connectivity index (χ4v) is 2.39. The Morgan fingerprint density at radius 1 is 1.57 bits per heavy atom. The third-order valence-corrected chi connectivity index (χ3v) is 3.26. The number of alkyl carbamates (subject to hydrolysis) is 1. The first-order valence-electron chi connectivity index (χ1n) is 7.42. The second-order valence-corrected chi connectivity index (χ2v) is 6.68. The van der Waals surface area contributed by atoms with E-state index in [4.69, 9.17) is 15.0 Å². The molecule has 0 aromatic rings. The summed E-state index contributed by atoms with van der Waals surface area (Å²) in [6.07, 6.45) is 1.96. The number of ether oxygens (including phenoxy) is 2. The van der Waals surface area contributed by atoms with Crippen LogP contribution in [0.3, 0.4) is 0 Å². The second kappa shape index (κ2) is 8.10. The van der Waals surface area contributed by atoms with Crippen molar-refractivity contribution in [2.75, 3.05) is 13.2 Å². The minimum Gasteiger partial charge on any atom is -0.449 e. The van der Waals surface area contributed by atoms with Gasteiger partial charge in [-0.25, -0.2) is 4.79 Å². The first kappa shape index (κ1) is 17.6. The lowest BCUT2D eigenvalue weighted by Crippen LogP contribution is -2.41. The molecule has 3 atom stereocenters. The van der Waals surface area contributed by atoms with E-state index in [1.807, 2.05) is 27.7 Å². The molecule has 0 aliphatic carbocycles. The van der Waals surface area contributed by atoms with E-state index in [9.17, 15) is 4.79 Å². The van der Waals surface area contributed by atoms with Crippen LogP contribution in [-0.4, -0.2) is 31.1 Å². The van der Waals surface area contributed by atoms with Crippen LogP contribution >= 0.6 is 0 Å².